The summed E-state index contributed by atoms with van der Waals surface area (Å²) >= 11 is 0. The summed E-state index contributed by atoms with van der Waals surface area (Å²) in [7, 11) is 0. The predicted molar refractivity (Wildman–Crippen MR) is 151 cm³/mol. The average Bonchev–Trinajstić information content (AvgIpc) is 3.81. The summed E-state index contributed by atoms with van der Waals surface area (Å²) in [6.07, 6.45) is 1.24. The molecule has 1 heterocycles. The second kappa shape index (κ2) is 12.2. The van der Waals surface area contributed by atoms with Gasteiger partial charge in [0.05, 0.1) is 5.57 Å². The first-order chi connectivity index (χ1) is 19.4. The van der Waals surface area contributed by atoms with Gasteiger partial charge >= 0.3 is 12.1 Å². The van der Waals surface area contributed by atoms with Gasteiger partial charge in [-0.2, -0.15) is 0 Å². The Kier molecular flexibility index (Phi) is 8.29. The summed E-state index contributed by atoms with van der Waals surface area (Å²) in [6.45, 7) is 2.08. The van der Waals surface area contributed by atoms with E-state index in [1.54, 1.807) is 18.2 Å². The quantitative estimate of drug-likeness (QED) is 0.285. The number of hydrogen-bond donors (Lipinski definition) is 2. The van der Waals surface area contributed by atoms with E-state index in [9.17, 15) is 19.5 Å². The zero-order valence-corrected chi connectivity index (χ0v) is 22.4. The van der Waals surface area contributed by atoms with Gasteiger partial charge in [0, 0.05) is 17.5 Å². The van der Waals surface area contributed by atoms with Crippen LogP contribution in [0.4, 0.5) is 10.5 Å². The van der Waals surface area contributed by atoms with E-state index in [1.165, 1.54) is 0 Å². The van der Waals surface area contributed by atoms with E-state index in [-0.39, 0.29) is 24.0 Å². The van der Waals surface area contributed by atoms with Gasteiger partial charge in [0.1, 0.15) is 6.61 Å². The fourth-order valence-electron chi connectivity index (χ4n) is 5.35. The van der Waals surface area contributed by atoms with Crippen LogP contribution in [0.1, 0.15) is 48.8 Å². The number of ketones is 1. The number of cyclic esters (lactones) is 1. The molecule has 7 heteroatoms. The Hall–Kier alpha value is -4.39. The van der Waals surface area contributed by atoms with Crippen LogP contribution in [0.3, 0.4) is 0 Å². The molecule has 206 valence electrons. The minimum atomic E-state index is -1.03. The number of Topliss-reactive ketones (excluding diaryl/α,β-unsaturated/α-hetero) is 1. The molecular weight excluding hydrogens is 506 g/mol. The summed E-state index contributed by atoms with van der Waals surface area (Å²) in [5.41, 5.74) is 3.11. The van der Waals surface area contributed by atoms with Crippen molar-refractivity contribution >= 4 is 23.5 Å². The van der Waals surface area contributed by atoms with Crippen LogP contribution in [0.25, 0.3) is 0 Å². The number of nitrogens with one attached hydrogen (secondary N) is 1. The molecule has 3 aromatic rings. The van der Waals surface area contributed by atoms with Crippen molar-refractivity contribution in [2.24, 2.45) is 11.8 Å². The molecule has 3 atom stereocenters. The van der Waals surface area contributed by atoms with Crippen LogP contribution in [0.2, 0.25) is 0 Å². The molecule has 1 aliphatic heterocycles. The van der Waals surface area contributed by atoms with Crippen molar-refractivity contribution in [2.45, 2.75) is 51.2 Å². The molecule has 0 bridgehead atoms. The van der Waals surface area contributed by atoms with Crippen molar-refractivity contribution in [3.63, 3.8) is 0 Å². The predicted octanol–water partition coefficient (Wildman–Crippen LogP) is 6.50. The molecule has 5 rings (SSSR count). The standard InChI is InChI=1S/C33H33NO6/c1-2-23(18-21-10-5-3-6-11-21)31-30(36)29(35)28(32(37)40-31)27(24-16-17-24)25-14-9-15-26(19-25)34-33(38)39-20-22-12-7-4-8-13-22/h3-15,19,23-24,27,31,35H,2,16-18,20H2,1H3,(H,34,38). The fraction of sp³-hybridized carbons (Fsp3) is 0.303. The zero-order valence-electron chi connectivity index (χ0n) is 22.4. The summed E-state index contributed by atoms with van der Waals surface area (Å²) in [6, 6.07) is 26.2. The van der Waals surface area contributed by atoms with Crippen LogP contribution >= 0.6 is 0 Å². The first-order valence-electron chi connectivity index (χ1n) is 13.7. The first kappa shape index (κ1) is 27.2. The molecule has 0 spiro atoms. The Morgan fingerprint density at radius 3 is 2.30 bits per heavy atom. The van der Waals surface area contributed by atoms with Crippen LogP contribution in [0.15, 0.2) is 96.3 Å². The third-order valence-electron chi connectivity index (χ3n) is 7.60. The van der Waals surface area contributed by atoms with E-state index >= 15 is 0 Å². The lowest BCUT2D eigenvalue weighted by Crippen LogP contribution is -2.42. The lowest BCUT2D eigenvalue weighted by Gasteiger charge is -2.31. The van der Waals surface area contributed by atoms with Gasteiger partial charge in [0.25, 0.3) is 0 Å². The van der Waals surface area contributed by atoms with E-state index in [1.807, 2.05) is 73.7 Å². The highest BCUT2D eigenvalue weighted by molar-refractivity contribution is 6.09. The third-order valence-corrected chi connectivity index (χ3v) is 7.60. The number of rotatable bonds is 10. The van der Waals surface area contributed by atoms with Gasteiger partial charge < -0.3 is 14.6 Å². The molecule has 40 heavy (non-hydrogen) atoms. The van der Waals surface area contributed by atoms with Crippen molar-refractivity contribution in [1.82, 2.24) is 0 Å². The van der Waals surface area contributed by atoms with E-state index in [2.05, 4.69) is 5.32 Å². The zero-order chi connectivity index (χ0) is 28.1. The van der Waals surface area contributed by atoms with Gasteiger partial charge in [-0.05, 0) is 60.4 Å². The van der Waals surface area contributed by atoms with Gasteiger partial charge in [0.15, 0.2) is 11.9 Å². The normalized spacial score (nSPS) is 18.6. The van der Waals surface area contributed by atoms with Crippen LogP contribution in [-0.4, -0.2) is 29.1 Å². The highest BCUT2D eigenvalue weighted by Crippen LogP contribution is 2.49. The maximum Gasteiger partial charge on any atom is 0.411 e. The van der Waals surface area contributed by atoms with Crippen molar-refractivity contribution in [1.29, 1.82) is 0 Å². The van der Waals surface area contributed by atoms with Gasteiger partial charge in [-0.1, -0.05) is 79.7 Å². The van der Waals surface area contributed by atoms with Gasteiger partial charge in [-0.15, -0.1) is 0 Å². The van der Waals surface area contributed by atoms with Crippen molar-refractivity contribution in [3.8, 4) is 0 Å². The summed E-state index contributed by atoms with van der Waals surface area (Å²) in [4.78, 5) is 39.2. The molecule has 7 nitrogen and oxygen atoms in total. The highest BCUT2D eigenvalue weighted by Gasteiger charge is 2.47. The molecule has 0 saturated heterocycles. The number of aliphatic hydroxyl groups is 1. The van der Waals surface area contributed by atoms with Gasteiger partial charge in [0.2, 0.25) is 5.78 Å². The van der Waals surface area contributed by atoms with Crippen molar-refractivity contribution in [3.05, 3.63) is 113 Å². The third kappa shape index (κ3) is 6.25. The Morgan fingerprint density at radius 1 is 0.975 bits per heavy atom. The summed E-state index contributed by atoms with van der Waals surface area (Å²) in [5, 5.41) is 13.9. The number of anilines is 1. The Balaban J connectivity index is 1.34. The number of hydrogen-bond acceptors (Lipinski definition) is 6. The number of carbonyl (C=O) groups is 3. The molecule has 1 amide bonds. The van der Waals surface area contributed by atoms with E-state index in [4.69, 9.17) is 9.47 Å². The SMILES string of the molecule is CCC(Cc1ccccc1)C1OC(=O)C(C(c2cccc(NC(=O)OCc3ccccc3)c2)C2CC2)=C(O)C1=O. The minimum Gasteiger partial charge on any atom is -0.504 e. The molecule has 2 aliphatic rings. The Morgan fingerprint density at radius 2 is 1.65 bits per heavy atom. The summed E-state index contributed by atoms with van der Waals surface area (Å²) in [5.74, 6) is -2.41. The highest BCUT2D eigenvalue weighted by atomic mass is 16.6. The molecule has 3 unspecified atom stereocenters. The van der Waals surface area contributed by atoms with Crippen LogP contribution in [0, 0.1) is 11.8 Å². The minimum absolute atomic E-state index is 0.00196. The smallest absolute Gasteiger partial charge is 0.411 e. The molecule has 0 aromatic heterocycles. The second-order valence-electron chi connectivity index (χ2n) is 10.4. The lowest BCUT2D eigenvalue weighted by atomic mass is 9.81. The largest absolute Gasteiger partial charge is 0.504 e. The number of ether oxygens (including phenoxy) is 2. The number of amides is 1. The summed E-state index contributed by atoms with van der Waals surface area (Å²) < 4.78 is 11.1. The molecule has 1 aliphatic carbocycles. The molecule has 3 aromatic carbocycles. The Bertz CT molecular complexity index is 1400. The number of esters is 1. The molecule has 2 N–H and O–H groups in total. The maximum atomic E-state index is 13.4. The van der Waals surface area contributed by atoms with Crippen LogP contribution in [-0.2, 0) is 32.1 Å². The van der Waals surface area contributed by atoms with Gasteiger partial charge in [-0.3, -0.25) is 10.1 Å². The van der Waals surface area contributed by atoms with E-state index in [0.717, 1.165) is 24.0 Å². The van der Waals surface area contributed by atoms with Gasteiger partial charge in [-0.25, -0.2) is 9.59 Å². The second-order valence-corrected chi connectivity index (χ2v) is 10.4. The molecule has 1 saturated carbocycles. The van der Waals surface area contributed by atoms with Crippen molar-refractivity contribution < 1.29 is 29.0 Å². The van der Waals surface area contributed by atoms with Crippen LogP contribution < -0.4 is 5.32 Å². The average molecular weight is 540 g/mol. The van der Waals surface area contributed by atoms with Crippen LogP contribution in [0.5, 0.6) is 0 Å². The number of carbonyl (C=O) groups excluding carboxylic acids is 3. The Labute approximate surface area is 233 Å². The maximum absolute atomic E-state index is 13.4. The topological polar surface area (TPSA) is 102 Å². The number of benzene rings is 3. The van der Waals surface area contributed by atoms with E-state index < -0.39 is 35.6 Å². The molecule has 1 fully saturated rings. The van der Waals surface area contributed by atoms with Crippen molar-refractivity contribution in [2.75, 3.05) is 5.32 Å². The first-order valence-corrected chi connectivity index (χ1v) is 13.7. The van der Waals surface area contributed by atoms with E-state index in [0.29, 0.717) is 24.1 Å². The monoisotopic (exact) mass is 539 g/mol. The molecule has 0 radical (unpaired) electrons. The lowest BCUT2D eigenvalue weighted by molar-refractivity contribution is -0.158. The number of aliphatic hydroxyl groups excluding tert-OH is 1. The fourth-order valence-corrected chi connectivity index (χ4v) is 5.35. The molecular formula is C33H33NO6.